The quantitative estimate of drug-likeness (QED) is 0.247. The van der Waals surface area contributed by atoms with Crippen molar-refractivity contribution in [1.82, 2.24) is 15.6 Å². The SMILES string of the molecule is CCNC(=NCCCCNc1ccccn1)NC1CCCCC1.I. The number of pyridine rings is 1. The number of nitrogens with one attached hydrogen (secondary N) is 3. The summed E-state index contributed by atoms with van der Waals surface area (Å²) in [6.45, 7) is 4.85. The summed E-state index contributed by atoms with van der Waals surface area (Å²) in [4.78, 5) is 8.96. The molecule has 2 rings (SSSR count). The Bertz CT molecular complexity index is 446. The van der Waals surface area contributed by atoms with E-state index in [4.69, 9.17) is 4.99 Å². The molecule has 3 N–H and O–H groups in total. The third kappa shape index (κ3) is 8.70. The van der Waals surface area contributed by atoms with Gasteiger partial charge in [-0.3, -0.25) is 4.99 Å². The Kier molecular flexibility index (Phi) is 11.6. The molecular weight excluding hydrogens is 413 g/mol. The summed E-state index contributed by atoms with van der Waals surface area (Å²) in [5, 5.41) is 10.3. The molecule has 1 aromatic heterocycles. The maximum Gasteiger partial charge on any atom is 0.191 e. The van der Waals surface area contributed by atoms with Gasteiger partial charge in [-0.2, -0.15) is 0 Å². The van der Waals surface area contributed by atoms with Gasteiger partial charge in [-0.25, -0.2) is 4.98 Å². The van der Waals surface area contributed by atoms with E-state index in [1.165, 1.54) is 32.1 Å². The highest BCUT2D eigenvalue weighted by molar-refractivity contribution is 14.0. The summed E-state index contributed by atoms with van der Waals surface area (Å²) in [6.07, 6.45) is 10.6. The first kappa shape index (κ1) is 21.0. The third-order valence-corrected chi connectivity index (χ3v) is 4.12. The molecule has 0 bridgehead atoms. The van der Waals surface area contributed by atoms with Crippen LogP contribution in [0.15, 0.2) is 29.4 Å². The minimum Gasteiger partial charge on any atom is -0.370 e. The topological polar surface area (TPSA) is 61.3 Å². The van der Waals surface area contributed by atoms with Gasteiger partial charge >= 0.3 is 0 Å². The molecule has 1 saturated carbocycles. The zero-order valence-corrected chi connectivity index (χ0v) is 17.1. The maximum absolute atomic E-state index is 4.70. The summed E-state index contributed by atoms with van der Waals surface area (Å²) in [5.74, 6) is 1.93. The normalized spacial score (nSPS) is 15.5. The lowest BCUT2D eigenvalue weighted by Gasteiger charge is -2.24. The molecule has 0 saturated heterocycles. The number of aliphatic imine (C=N–C) groups is 1. The van der Waals surface area contributed by atoms with Crippen LogP contribution in [0.1, 0.15) is 51.9 Å². The van der Waals surface area contributed by atoms with Gasteiger partial charge in [0.2, 0.25) is 0 Å². The molecule has 0 amide bonds. The molecule has 6 heteroatoms. The van der Waals surface area contributed by atoms with Crippen LogP contribution in [0.5, 0.6) is 0 Å². The van der Waals surface area contributed by atoms with E-state index < -0.39 is 0 Å². The first-order valence-corrected chi connectivity index (χ1v) is 9.08. The van der Waals surface area contributed by atoms with Crippen molar-refractivity contribution < 1.29 is 0 Å². The van der Waals surface area contributed by atoms with E-state index in [1.54, 1.807) is 0 Å². The van der Waals surface area contributed by atoms with Crippen LogP contribution in [0.25, 0.3) is 0 Å². The molecule has 0 radical (unpaired) electrons. The van der Waals surface area contributed by atoms with Gasteiger partial charge in [0.1, 0.15) is 5.82 Å². The monoisotopic (exact) mass is 445 g/mol. The van der Waals surface area contributed by atoms with E-state index in [2.05, 4.69) is 27.9 Å². The molecule has 1 fully saturated rings. The molecule has 0 aromatic carbocycles. The molecular formula is C18H32IN5. The summed E-state index contributed by atoms with van der Waals surface area (Å²) in [5.41, 5.74) is 0. The average molecular weight is 445 g/mol. The van der Waals surface area contributed by atoms with E-state index in [1.807, 2.05) is 24.4 Å². The first-order chi connectivity index (χ1) is 11.4. The molecule has 1 heterocycles. The summed E-state index contributed by atoms with van der Waals surface area (Å²) in [6, 6.07) is 6.53. The second-order valence-electron chi connectivity index (χ2n) is 6.09. The van der Waals surface area contributed by atoms with Crippen LogP contribution in [0.4, 0.5) is 5.82 Å². The molecule has 0 aliphatic heterocycles. The van der Waals surface area contributed by atoms with Gasteiger partial charge in [-0.1, -0.05) is 25.3 Å². The number of rotatable bonds is 8. The number of aromatic nitrogens is 1. The second kappa shape index (κ2) is 13.3. The van der Waals surface area contributed by atoms with E-state index >= 15 is 0 Å². The number of halogens is 1. The molecule has 0 unspecified atom stereocenters. The van der Waals surface area contributed by atoms with E-state index in [9.17, 15) is 0 Å². The fourth-order valence-corrected chi connectivity index (χ4v) is 2.87. The second-order valence-corrected chi connectivity index (χ2v) is 6.09. The Hall–Kier alpha value is -1.05. The Labute approximate surface area is 163 Å². The van der Waals surface area contributed by atoms with Crippen molar-refractivity contribution in [3.8, 4) is 0 Å². The van der Waals surface area contributed by atoms with Crippen molar-refractivity contribution in [2.75, 3.05) is 25.0 Å². The van der Waals surface area contributed by atoms with Gasteiger partial charge in [0.15, 0.2) is 5.96 Å². The Morgan fingerprint density at radius 1 is 1.21 bits per heavy atom. The van der Waals surface area contributed by atoms with E-state index in [-0.39, 0.29) is 24.0 Å². The lowest BCUT2D eigenvalue weighted by molar-refractivity contribution is 0.410. The molecule has 1 aliphatic rings. The number of hydrogen-bond donors (Lipinski definition) is 3. The Morgan fingerprint density at radius 3 is 2.75 bits per heavy atom. The van der Waals surface area contributed by atoms with Crippen LogP contribution in [0.3, 0.4) is 0 Å². The van der Waals surface area contributed by atoms with Crippen LogP contribution in [0, 0.1) is 0 Å². The molecule has 0 spiro atoms. The molecule has 1 aliphatic carbocycles. The van der Waals surface area contributed by atoms with E-state index in [0.29, 0.717) is 6.04 Å². The zero-order chi connectivity index (χ0) is 16.2. The van der Waals surface area contributed by atoms with Gasteiger partial charge in [0.05, 0.1) is 0 Å². The van der Waals surface area contributed by atoms with Crippen molar-refractivity contribution in [3.63, 3.8) is 0 Å². The average Bonchev–Trinajstić information content (AvgIpc) is 2.60. The van der Waals surface area contributed by atoms with Crippen molar-refractivity contribution in [3.05, 3.63) is 24.4 Å². The predicted molar refractivity (Wildman–Crippen MR) is 113 cm³/mol. The summed E-state index contributed by atoms with van der Waals surface area (Å²) < 4.78 is 0. The highest BCUT2D eigenvalue weighted by atomic mass is 127. The number of anilines is 1. The largest absolute Gasteiger partial charge is 0.370 e. The summed E-state index contributed by atoms with van der Waals surface area (Å²) in [7, 11) is 0. The standard InChI is InChI=1S/C18H31N5.HI/c1-2-19-18(23-16-10-4-3-5-11-16)22-15-9-8-14-21-17-12-6-7-13-20-17;/h6-7,12-13,16H,2-5,8-11,14-15H2,1H3,(H,20,21)(H2,19,22,23);1H. The number of hydrogen-bond acceptors (Lipinski definition) is 3. The van der Waals surface area contributed by atoms with E-state index in [0.717, 1.165) is 44.3 Å². The van der Waals surface area contributed by atoms with Crippen LogP contribution >= 0.6 is 24.0 Å². The third-order valence-electron chi connectivity index (χ3n) is 4.12. The van der Waals surface area contributed by atoms with Gasteiger partial charge in [-0.15, -0.1) is 24.0 Å². The molecule has 5 nitrogen and oxygen atoms in total. The number of nitrogens with zero attached hydrogens (tertiary/aromatic N) is 2. The van der Waals surface area contributed by atoms with Crippen LogP contribution in [-0.2, 0) is 0 Å². The molecule has 136 valence electrons. The maximum atomic E-state index is 4.70. The number of unbranched alkanes of at least 4 members (excludes halogenated alkanes) is 1. The Balaban J connectivity index is 0.00000288. The highest BCUT2D eigenvalue weighted by Gasteiger charge is 2.14. The fraction of sp³-hybridized carbons (Fsp3) is 0.667. The number of guanidine groups is 1. The van der Waals surface area contributed by atoms with Crippen LogP contribution in [-0.4, -0.2) is 36.6 Å². The molecule has 1 aromatic rings. The van der Waals surface area contributed by atoms with Gasteiger partial charge < -0.3 is 16.0 Å². The molecule has 24 heavy (non-hydrogen) atoms. The minimum absolute atomic E-state index is 0. The minimum atomic E-state index is 0. The summed E-state index contributed by atoms with van der Waals surface area (Å²) >= 11 is 0. The van der Waals surface area contributed by atoms with Crippen LogP contribution < -0.4 is 16.0 Å². The first-order valence-electron chi connectivity index (χ1n) is 9.08. The van der Waals surface area contributed by atoms with Gasteiger partial charge in [0, 0.05) is 31.9 Å². The smallest absolute Gasteiger partial charge is 0.191 e. The Morgan fingerprint density at radius 2 is 2.04 bits per heavy atom. The molecule has 0 atom stereocenters. The van der Waals surface area contributed by atoms with Crippen molar-refractivity contribution in [2.45, 2.75) is 57.9 Å². The van der Waals surface area contributed by atoms with Gasteiger partial charge in [-0.05, 0) is 44.7 Å². The van der Waals surface area contributed by atoms with Crippen molar-refractivity contribution in [1.29, 1.82) is 0 Å². The van der Waals surface area contributed by atoms with Crippen molar-refractivity contribution >= 4 is 35.8 Å². The van der Waals surface area contributed by atoms with Gasteiger partial charge in [0.25, 0.3) is 0 Å². The highest BCUT2D eigenvalue weighted by Crippen LogP contribution is 2.17. The predicted octanol–water partition coefficient (Wildman–Crippen LogP) is 3.78. The fourth-order valence-electron chi connectivity index (χ4n) is 2.87. The van der Waals surface area contributed by atoms with Crippen LogP contribution in [0.2, 0.25) is 0 Å². The van der Waals surface area contributed by atoms with Crippen molar-refractivity contribution in [2.24, 2.45) is 4.99 Å². The zero-order valence-electron chi connectivity index (χ0n) is 14.8. The lowest BCUT2D eigenvalue weighted by Crippen LogP contribution is -2.44. The lowest BCUT2D eigenvalue weighted by atomic mass is 9.96.